The summed E-state index contributed by atoms with van der Waals surface area (Å²) in [5, 5.41) is 26.2. The highest BCUT2D eigenvalue weighted by atomic mass is 35.5. The lowest BCUT2D eigenvalue weighted by molar-refractivity contribution is -0.125. The Hall–Kier alpha value is -4.11. The Morgan fingerprint density at radius 1 is 1.26 bits per heavy atom. The number of hydrogen-bond donors (Lipinski definition) is 2. The molecule has 1 aromatic carbocycles. The van der Waals surface area contributed by atoms with Gasteiger partial charge in [-0.15, -0.1) is 0 Å². The topological polar surface area (TPSA) is 148 Å². The molecule has 0 spiro atoms. The molecule has 2 N–H and O–H groups in total. The van der Waals surface area contributed by atoms with Crippen molar-refractivity contribution in [1.29, 1.82) is 5.26 Å². The Kier molecular flexibility index (Phi) is 7.47. The zero-order chi connectivity index (χ0) is 24.8. The van der Waals surface area contributed by atoms with Crippen molar-refractivity contribution in [1.82, 2.24) is 24.7 Å². The zero-order valence-corrected chi connectivity index (χ0v) is 19.3. The van der Waals surface area contributed by atoms with E-state index in [-0.39, 0.29) is 31.5 Å². The van der Waals surface area contributed by atoms with Crippen LogP contribution in [0.4, 0.5) is 5.82 Å². The van der Waals surface area contributed by atoms with E-state index in [2.05, 4.69) is 31.4 Å². The summed E-state index contributed by atoms with van der Waals surface area (Å²) in [5.41, 5.74) is 2.48. The van der Waals surface area contributed by atoms with Gasteiger partial charge in [-0.1, -0.05) is 17.7 Å². The van der Waals surface area contributed by atoms with Crippen LogP contribution in [-0.4, -0.2) is 61.7 Å². The molecule has 0 aliphatic carbocycles. The third-order valence-electron chi connectivity index (χ3n) is 4.93. The van der Waals surface area contributed by atoms with Crippen molar-refractivity contribution in [3.8, 4) is 17.6 Å². The van der Waals surface area contributed by atoms with Gasteiger partial charge in [0.25, 0.3) is 5.91 Å². The molecule has 4 aromatic rings. The minimum atomic E-state index is -1.12. The average molecular weight is 494 g/mol. The summed E-state index contributed by atoms with van der Waals surface area (Å²) < 4.78 is 12.9. The molecule has 35 heavy (non-hydrogen) atoms. The molecule has 3 heterocycles. The van der Waals surface area contributed by atoms with E-state index in [0.29, 0.717) is 27.3 Å². The highest BCUT2D eigenvalue weighted by molar-refractivity contribution is 6.30. The molecule has 178 valence electrons. The van der Waals surface area contributed by atoms with E-state index in [1.165, 1.54) is 18.7 Å². The summed E-state index contributed by atoms with van der Waals surface area (Å²) >= 11 is 5.85. The number of nitrogens with one attached hydrogen (secondary N) is 1. The number of fused-ring (bicyclic) bond motifs is 1. The molecule has 0 radical (unpaired) electrons. The molecule has 0 unspecified atom stereocenters. The number of aliphatic hydroxyl groups excluding tert-OH is 1. The van der Waals surface area contributed by atoms with Gasteiger partial charge in [0.15, 0.2) is 5.65 Å². The summed E-state index contributed by atoms with van der Waals surface area (Å²) in [6.07, 6.45) is 3.10. The number of rotatable bonds is 9. The van der Waals surface area contributed by atoms with Crippen LogP contribution in [0.2, 0.25) is 5.02 Å². The fraction of sp³-hybridized carbons (Fsp3) is 0.217. The van der Waals surface area contributed by atoms with Crippen LogP contribution in [0.1, 0.15) is 11.1 Å². The van der Waals surface area contributed by atoms with Crippen LogP contribution in [0.15, 0.2) is 49.1 Å². The van der Waals surface area contributed by atoms with Crippen molar-refractivity contribution in [2.24, 2.45) is 0 Å². The smallest absolute Gasteiger partial charge is 0.269 e. The highest BCUT2D eigenvalue weighted by Crippen LogP contribution is 2.26. The first-order valence-electron chi connectivity index (χ1n) is 10.5. The van der Waals surface area contributed by atoms with Crippen molar-refractivity contribution in [2.75, 3.05) is 25.1 Å². The van der Waals surface area contributed by atoms with E-state index >= 15 is 0 Å². The Morgan fingerprint density at radius 2 is 2.11 bits per heavy atom. The highest BCUT2D eigenvalue weighted by Gasteiger charge is 2.24. The van der Waals surface area contributed by atoms with Gasteiger partial charge in [0.05, 0.1) is 48.4 Å². The second kappa shape index (κ2) is 10.9. The number of aromatic nitrogens is 5. The molecular formula is C23H20ClN7O4. The van der Waals surface area contributed by atoms with Crippen LogP contribution < -0.4 is 10.1 Å². The third-order valence-corrected chi connectivity index (χ3v) is 5.15. The van der Waals surface area contributed by atoms with Gasteiger partial charge < -0.3 is 19.9 Å². The number of aryl methyl sites for hydroxylation is 1. The Morgan fingerprint density at radius 3 is 2.86 bits per heavy atom. The predicted molar refractivity (Wildman–Crippen MR) is 126 cm³/mol. The lowest BCUT2D eigenvalue weighted by Gasteiger charge is -2.18. The van der Waals surface area contributed by atoms with Crippen molar-refractivity contribution >= 4 is 34.4 Å². The Labute approximate surface area is 204 Å². The van der Waals surface area contributed by atoms with Gasteiger partial charge in [-0.25, -0.2) is 19.6 Å². The molecule has 0 fully saturated rings. The maximum absolute atomic E-state index is 12.9. The van der Waals surface area contributed by atoms with Crippen LogP contribution >= 0.6 is 11.6 Å². The van der Waals surface area contributed by atoms with Crippen molar-refractivity contribution in [3.05, 3.63) is 65.2 Å². The van der Waals surface area contributed by atoms with Crippen LogP contribution in [0, 0.1) is 18.3 Å². The lowest BCUT2D eigenvalue weighted by atomic mass is 10.1. The van der Waals surface area contributed by atoms with E-state index in [0.717, 1.165) is 5.56 Å². The summed E-state index contributed by atoms with van der Waals surface area (Å²) in [6, 6.07) is 10.5. The van der Waals surface area contributed by atoms with Crippen LogP contribution in [0.5, 0.6) is 5.88 Å². The average Bonchev–Trinajstić information content (AvgIpc) is 3.30. The first-order valence-corrected chi connectivity index (χ1v) is 10.9. The third kappa shape index (κ3) is 5.52. The zero-order valence-electron chi connectivity index (χ0n) is 18.6. The number of anilines is 1. The Balaban J connectivity index is 1.64. The molecule has 0 bridgehead atoms. The van der Waals surface area contributed by atoms with Crippen LogP contribution in [-0.2, 0) is 9.53 Å². The molecule has 1 amide bonds. The quantitative estimate of drug-likeness (QED) is 0.335. The van der Waals surface area contributed by atoms with Gasteiger partial charge in [0.2, 0.25) is 12.0 Å². The number of aliphatic hydroxyl groups is 1. The van der Waals surface area contributed by atoms with E-state index in [9.17, 15) is 10.1 Å². The van der Waals surface area contributed by atoms with Crippen molar-refractivity contribution < 1.29 is 19.4 Å². The fourth-order valence-corrected chi connectivity index (χ4v) is 3.32. The number of benzene rings is 1. The number of carbonyl (C=O) groups is 1. The second-order valence-corrected chi connectivity index (χ2v) is 7.78. The molecule has 0 saturated carbocycles. The van der Waals surface area contributed by atoms with Gasteiger partial charge in [0.1, 0.15) is 17.5 Å². The van der Waals surface area contributed by atoms with Gasteiger partial charge in [-0.3, -0.25) is 4.79 Å². The van der Waals surface area contributed by atoms with E-state index in [4.69, 9.17) is 26.2 Å². The minimum Gasteiger partial charge on any atom is -0.461 e. The number of carbonyl (C=O) groups excluding carboxylic acids is 1. The molecule has 4 rings (SSSR count). The van der Waals surface area contributed by atoms with Gasteiger partial charge in [-0.05, 0) is 36.8 Å². The molecule has 0 aliphatic heterocycles. The predicted octanol–water partition coefficient (Wildman–Crippen LogP) is 2.44. The van der Waals surface area contributed by atoms with Crippen LogP contribution in [0.3, 0.4) is 0 Å². The molecule has 3 aromatic heterocycles. The summed E-state index contributed by atoms with van der Waals surface area (Å²) in [5.74, 6) is -0.134. The molecule has 12 heteroatoms. The molecule has 0 aliphatic rings. The summed E-state index contributed by atoms with van der Waals surface area (Å²) in [4.78, 5) is 25.5. The number of ether oxygens (including phenoxy) is 2. The van der Waals surface area contributed by atoms with E-state index in [1.54, 1.807) is 28.9 Å². The number of pyridine rings is 1. The standard InChI is InChI=1S/C23H20ClN7O4/c1-14-2-3-15(9-25)8-18(14)31-21-17(11-29-31)23(28-13-27-21)35-19(12-34-7-6-32)22(33)30-20-5-4-16(24)10-26-20/h2-5,8,10-11,13,19,32H,6-7,12H2,1H3,(H,26,30,33)/t19-/m0/s1. The monoisotopic (exact) mass is 493 g/mol. The van der Waals surface area contributed by atoms with Crippen molar-refractivity contribution in [2.45, 2.75) is 13.0 Å². The first-order chi connectivity index (χ1) is 17.0. The van der Waals surface area contributed by atoms with Crippen molar-refractivity contribution in [3.63, 3.8) is 0 Å². The number of halogens is 1. The molecular weight excluding hydrogens is 474 g/mol. The number of nitrogens with zero attached hydrogens (tertiary/aromatic N) is 6. The summed E-state index contributed by atoms with van der Waals surface area (Å²) in [7, 11) is 0. The van der Waals surface area contributed by atoms with Gasteiger partial charge in [0, 0.05) is 6.20 Å². The molecule has 11 nitrogen and oxygen atoms in total. The number of hydrogen-bond acceptors (Lipinski definition) is 9. The maximum atomic E-state index is 12.9. The maximum Gasteiger partial charge on any atom is 0.269 e. The molecule has 0 saturated heterocycles. The van der Waals surface area contributed by atoms with Gasteiger partial charge in [-0.2, -0.15) is 10.4 Å². The summed E-state index contributed by atoms with van der Waals surface area (Å²) in [6.45, 7) is 1.56. The van der Waals surface area contributed by atoms with Gasteiger partial charge >= 0.3 is 0 Å². The lowest BCUT2D eigenvalue weighted by Crippen LogP contribution is -2.37. The largest absolute Gasteiger partial charge is 0.461 e. The van der Waals surface area contributed by atoms with E-state index < -0.39 is 12.0 Å². The SMILES string of the molecule is Cc1ccc(C#N)cc1-n1ncc2c(O[C@@H](COCCO)C(=O)Nc3ccc(Cl)cn3)ncnc21. The number of amides is 1. The fourth-order valence-electron chi connectivity index (χ4n) is 3.21. The minimum absolute atomic E-state index is 0.0258. The second-order valence-electron chi connectivity index (χ2n) is 7.34. The normalized spacial score (nSPS) is 11.7. The van der Waals surface area contributed by atoms with E-state index in [1.807, 2.05) is 13.0 Å². The number of nitriles is 1. The molecule has 1 atom stereocenters. The Bertz CT molecular complexity index is 1390. The van der Waals surface area contributed by atoms with Crippen LogP contribution in [0.25, 0.3) is 16.7 Å². The first kappa shape index (κ1) is 24.0.